The zero-order valence-electron chi connectivity index (χ0n) is 26.9. The van der Waals surface area contributed by atoms with Gasteiger partial charge in [-0.05, 0) is 92.7 Å². The van der Waals surface area contributed by atoms with Gasteiger partial charge >= 0.3 is 5.97 Å². The molecule has 2 fully saturated rings. The first kappa shape index (κ1) is 32.9. The van der Waals surface area contributed by atoms with Crippen LogP contribution < -0.4 is 14.2 Å². The SMILES string of the molecule is COc1ccc(CC[C@@H]2OC(=O)[C@@H]3CCCCN3C(=O)[C@@H](C3CCCCC3)C/C=C\COCCOc3cccc2c3)cc1OC. The van der Waals surface area contributed by atoms with Gasteiger partial charge in [0.1, 0.15) is 24.5 Å². The summed E-state index contributed by atoms with van der Waals surface area (Å²) in [6.07, 6.45) is 13.6. The number of piperidine rings is 1. The van der Waals surface area contributed by atoms with Crippen LogP contribution >= 0.6 is 0 Å². The van der Waals surface area contributed by atoms with Crippen molar-refractivity contribution < 1.29 is 33.3 Å². The molecule has 0 radical (unpaired) electrons. The third-order valence-corrected chi connectivity index (χ3v) is 9.49. The molecular formula is C37H49NO7. The molecule has 0 unspecified atom stereocenters. The van der Waals surface area contributed by atoms with Gasteiger partial charge in [0.05, 0.1) is 27.4 Å². The van der Waals surface area contributed by atoms with Crippen LogP contribution in [0.15, 0.2) is 54.6 Å². The van der Waals surface area contributed by atoms with Crippen molar-refractivity contribution in [2.45, 2.75) is 82.8 Å². The summed E-state index contributed by atoms with van der Waals surface area (Å²) in [5.74, 6) is 2.02. The summed E-state index contributed by atoms with van der Waals surface area (Å²) < 4.78 is 29.1. The van der Waals surface area contributed by atoms with Gasteiger partial charge in [0.2, 0.25) is 5.91 Å². The maximum absolute atomic E-state index is 14.3. The average Bonchev–Trinajstić information content (AvgIpc) is 3.09. The van der Waals surface area contributed by atoms with Crippen molar-refractivity contribution in [3.63, 3.8) is 0 Å². The fourth-order valence-corrected chi connectivity index (χ4v) is 7.02. The normalized spacial score (nSPS) is 24.8. The summed E-state index contributed by atoms with van der Waals surface area (Å²) in [7, 11) is 3.24. The summed E-state index contributed by atoms with van der Waals surface area (Å²) in [4.78, 5) is 30.2. The van der Waals surface area contributed by atoms with Crippen LogP contribution in [-0.4, -0.2) is 63.4 Å². The van der Waals surface area contributed by atoms with E-state index in [0.29, 0.717) is 75.2 Å². The molecule has 244 valence electrons. The van der Waals surface area contributed by atoms with Crippen molar-refractivity contribution >= 4 is 11.9 Å². The van der Waals surface area contributed by atoms with Gasteiger partial charge in [-0.3, -0.25) is 4.79 Å². The number of esters is 1. The topological polar surface area (TPSA) is 83.5 Å². The molecule has 3 atom stereocenters. The Morgan fingerprint density at radius 3 is 2.51 bits per heavy atom. The molecule has 2 aliphatic heterocycles. The summed E-state index contributed by atoms with van der Waals surface area (Å²) >= 11 is 0. The number of methoxy groups -OCH3 is 2. The van der Waals surface area contributed by atoms with Gasteiger partial charge in [0.15, 0.2) is 11.5 Å². The Bertz CT molecular complexity index is 1290. The highest BCUT2D eigenvalue weighted by molar-refractivity contribution is 5.86. The van der Waals surface area contributed by atoms with Crippen LogP contribution in [0.2, 0.25) is 0 Å². The number of nitrogens with zero attached hydrogens (tertiary/aromatic N) is 1. The highest BCUT2D eigenvalue weighted by Gasteiger charge is 2.39. The standard InChI is InChI=1S/C37H49NO7/c1-41-34-20-18-27(25-35(34)42-2)17-19-33-29-13-10-14-30(26-29)44-24-23-43-22-9-7-15-31(28-11-4-3-5-12-28)36(39)38-21-8-6-16-32(38)37(40)45-33/h7,9-10,13-14,18,20,25-26,28,31-33H,3-6,8,11-12,15-17,19,21-24H2,1-2H3/b9-7-/t31-,32+,33+/m1/s1. The van der Waals surface area contributed by atoms with Gasteiger partial charge in [-0.15, -0.1) is 0 Å². The number of carbonyl (C=O) groups is 2. The van der Waals surface area contributed by atoms with Crippen LogP contribution in [0.3, 0.4) is 0 Å². The number of benzene rings is 2. The second-order valence-corrected chi connectivity index (χ2v) is 12.4. The van der Waals surface area contributed by atoms with Crippen molar-refractivity contribution in [3.8, 4) is 17.2 Å². The second kappa shape index (κ2) is 16.7. The fraction of sp³-hybridized carbons (Fsp3) is 0.568. The molecule has 1 aliphatic carbocycles. The Balaban J connectivity index is 1.41. The molecule has 0 spiro atoms. The van der Waals surface area contributed by atoms with Crippen LogP contribution in [0.25, 0.3) is 0 Å². The highest BCUT2D eigenvalue weighted by atomic mass is 16.5. The van der Waals surface area contributed by atoms with E-state index in [0.717, 1.165) is 49.7 Å². The van der Waals surface area contributed by atoms with E-state index in [1.54, 1.807) is 14.2 Å². The number of aryl methyl sites for hydroxylation is 1. The van der Waals surface area contributed by atoms with Crippen molar-refractivity contribution in [3.05, 3.63) is 65.7 Å². The van der Waals surface area contributed by atoms with Gasteiger partial charge in [-0.2, -0.15) is 0 Å². The first-order chi connectivity index (χ1) is 22.1. The Labute approximate surface area is 268 Å². The third kappa shape index (κ3) is 8.81. The van der Waals surface area contributed by atoms with Gasteiger partial charge < -0.3 is 28.6 Å². The van der Waals surface area contributed by atoms with Crippen molar-refractivity contribution in [2.75, 3.05) is 40.6 Å². The second-order valence-electron chi connectivity index (χ2n) is 12.4. The first-order valence-corrected chi connectivity index (χ1v) is 16.7. The predicted molar refractivity (Wildman–Crippen MR) is 173 cm³/mol. The molecule has 1 saturated carbocycles. The van der Waals surface area contributed by atoms with Gasteiger partial charge in [0.25, 0.3) is 0 Å². The smallest absolute Gasteiger partial charge is 0.329 e. The van der Waals surface area contributed by atoms with E-state index in [2.05, 4.69) is 6.08 Å². The number of fused-ring (bicyclic) bond motifs is 3. The maximum atomic E-state index is 14.3. The summed E-state index contributed by atoms with van der Waals surface area (Å²) in [6.45, 7) is 1.93. The fourth-order valence-electron chi connectivity index (χ4n) is 7.02. The zero-order chi connectivity index (χ0) is 31.4. The van der Waals surface area contributed by atoms with Crippen LogP contribution in [0.4, 0.5) is 0 Å². The largest absolute Gasteiger partial charge is 0.493 e. The van der Waals surface area contributed by atoms with Crippen molar-refractivity contribution in [2.24, 2.45) is 11.8 Å². The minimum absolute atomic E-state index is 0.104. The van der Waals surface area contributed by atoms with Gasteiger partial charge in [0, 0.05) is 12.5 Å². The molecule has 1 amide bonds. The Morgan fingerprint density at radius 2 is 1.69 bits per heavy atom. The minimum atomic E-state index is -0.577. The number of amides is 1. The molecule has 3 aliphatic rings. The van der Waals surface area contributed by atoms with Crippen LogP contribution in [0.1, 0.15) is 81.4 Å². The van der Waals surface area contributed by atoms with Crippen molar-refractivity contribution in [1.29, 1.82) is 0 Å². The number of rotatable bonds is 6. The Kier molecular flexibility index (Phi) is 12.2. The van der Waals surface area contributed by atoms with Crippen LogP contribution in [0, 0.1) is 11.8 Å². The molecule has 2 bridgehead atoms. The predicted octanol–water partition coefficient (Wildman–Crippen LogP) is 6.85. The third-order valence-electron chi connectivity index (χ3n) is 9.49. The first-order valence-electron chi connectivity index (χ1n) is 16.7. The summed E-state index contributed by atoms with van der Waals surface area (Å²) in [6, 6.07) is 13.0. The number of hydrogen-bond acceptors (Lipinski definition) is 7. The number of carbonyl (C=O) groups excluding carboxylic acids is 2. The van der Waals surface area contributed by atoms with E-state index in [-0.39, 0.29) is 17.8 Å². The van der Waals surface area contributed by atoms with Gasteiger partial charge in [-0.1, -0.05) is 49.6 Å². The molecule has 2 aromatic rings. The molecule has 8 nitrogen and oxygen atoms in total. The zero-order valence-corrected chi connectivity index (χ0v) is 26.9. The molecule has 0 aromatic heterocycles. The molecule has 2 aromatic carbocycles. The number of ether oxygens (including phenoxy) is 5. The van der Waals surface area contributed by atoms with E-state index in [4.69, 9.17) is 23.7 Å². The minimum Gasteiger partial charge on any atom is -0.493 e. The number of cyclic esters (lactones) is 1. The van der Waals surface area contributed by atoms with E-state index in [9.17, 15) is 9.59 Å². The molecule has 5 rings (SSSR count). The maximum Gasteiger partial charge on any atom is 0.329 e. The van der Waals surface area contributed by atoms with Gasteiger partial charge in [-0.25, -0.2) is 4.79 Å². The highest BCUT2D eigenvalue weighted by Crippen LogP contribution is 2.36. The van der Waals surface area contributed by atoms with E-state index < -0.39 is 12.1 Å². The van der Waals surface area contributed by atoms with Crippen LogP contribution in [0.5, 0.6) is 17.2 Å². The molecule has 8 heteroatoms. The average molecular weight is 620 g/mol. The van der Waals surface area contributed by atoms with E-state index in [1.807, 2.05) is 53.4 Å². The lowest BCUT2D eigenvalue weighted by Gasteiger charge is -2.39. The molecular weight excluding hydrogens is 570 g/mol. The lowest BCUT2D eigenvalue weighted by atomic mass is 9.77. The number of allylic oxidation sites excluding steroid dienone is 1. The van der Waals surface area contributed by atoms with E-state index in [1.165, 1.54) is 6.42 Å². The Morgan fingerprint density at radius 1 is 0.867 bits per heavy atom. The molecule has 0 N–H and O–H groups in total. The lowest BCUT2D eigenvalue weighted by Crippen LogP contribution is -2.52. The van der Waals surface area contributed by atoms with Crippen LogP contribution in [-0.2, 0) is 25.5 Å². The van der Waals surface area contributed by atoms with Crippen molar-refractivity contribution in [1.82, 2.24) is 4.90 Å². The lowest BCUT2D eigenvalue weighted by molar-refractivity contribution is -0.164. The van der Waals surface area contributed by atoms with E-state index >= 15 is 0 Å². The Hall–Kier alpha value is -3.52. The number of hydrogen-bond donors (Lipinski definition) is 0. The molecule has 1 saturated heterocycles. The molecule has 45 heavy (non-hydrogen) atoms. The molecule has 2 heterocycles. The summed E-state index contributed by atoms with van der Waals surface area (Å²) in [5, 5.41) is 0. The summed E-state index contributed by atoms with van der Waals surface area (Å²) in [5.41, 5.74) is 1.91. The monoisotopic (exact) mass is 619 g/mol. The quantitative estimate of drug-likeness (QED) is 0.258.